The first-order chi connectivity index (χ1) is 8.79. The quantitative estimate of drug-likeness (QED) is 0.607. The molecule has 0 atom stereocenters. The molecule has 19 heavy (non-hydrogen) atoms. The zero-order valence-corrected chi connectivity index (χ0v) is 10.4. The lowest BCUT2D eigenvalue weighted by Crippen LogP contribution is -2.32. The fourth-order valence-electron chi connectivity index (χ4n) is 1.24. The standard InChI is InChI=1S/C11H12N4O4/c1-11(2,10(16)17)6-14-9-8(15(18)19)7(5-12)3-4-13-9/h3-4H,6H2,1-2H3,(H,13,14)(H,16,17). The van der Waals surface area contributed by atoms with E-state index in [4.69, 9.17) is 10.4 Å². The molecule has 0 saturated carbocycles. The molecule has 0 aliphatic carbocycles. The van der Waals surface area contributed by atoms with Crippen LogP contribution in [0.1, 0.15) is 19.4 Å². The van der Waals surface area contributed by atoms with Gasteiger partial charge in [0.15, 0.2) is 0 Å². The molecule has 0 bridgehead atoms. The van der Waals surface area contributed by atoms with Gasteiger partial charge in [-0.1, -0.05) is 0 Å². The molecule has 0 aromatic carbocycles. The third-order valence-electron chi connectivity index (χ3n) is 2.50. The van der Waals surface area contributed by atoms with E-state index in [2.05, 4.69) is 10.3 Å². The van der Waals surface area contributed by atoms with E-state index in [0.29, 0.717) is 0 Å². The number of pyridine rings is 1. The number of rotatable bonds is 5. The van der Waals surface area contributed by atoms with E-state index in [1.165, 1.54) is 26.1 Å². The van der Waals surface area contributed by atoms with Gasteiger partial charge < -0.3 is 10.4 Å². The first-order valence-electron chi connectivity index (χ1n) is 5.30. The van der Waals surface area contributed by atoms with E-state index >= 15 is 0 Å². The monoisotopic (exact) mass is 264 g/mol. The van der Waals surface area contributed by atoms with Crippen molar-refractivity contribution >= 4 is 17.5 Å². The van der Waals surface area contributed by atoms with Crippen LogP contribution in [0.5, 0.6) is 0 Å². The second-order valence-electron chi connectivity index (χ2n) is 4.47. The van der Waals surface area contributed by atoms with Gasteiger partial charge in [-0.15, -0.1) is 0 Å². The maximum absolute atomic E-state index is 10.9. The summed E-state index contributed by atoms with van der Waals surface area (Å²) in [5.41, 5.74) is -1.69. The Hall–Kier alpha value is -2.69. The molecule has 2 N–H and O–H groups in total. The minimum Gasteiger partial charge on any atom is -0.481 e. The minimum absolute atomic E-state index is 0.0505. The molecule has 1 aromatic heterocycles. The summed E-state index contributed by atoms with van der Waals surface area (Å²) in [7, 11) is 0. The van der Waals surface area contributed by atoms with Crippen LogP contribution in [0.3, 0.4) is 0 Å². The summed E-state index contributed by atoms with van der Waals surface area (Å²) in [6.45, 7) is 2.90. The Morgan fingerprint density at radius 1 is 1.68 bits per heavy atom. The van der Waals surface area contributed by atoms with Crippen molar-refractivity contribution in [2.45, 2.75) is 13.8 Å². The van der Waals surface area contributed by atoms with E-state index in [1.54, 1.807) is 6.07 Å². The molecule has 0 unspecified atom stereocenters. The predicted molar refractivity (Wildman–Crippen MR) is 65.5 cm³/mol. The van der Waals surface area contributed by atoms with Crippen molar-refractivity contribution in [2.75, 3.05) is 11.9 Å². The molecule has 0 amide bonds. The van der Waals surface area contributed by atoms with Crippen LogP contribution in [0.4, 0.5) is 11.5 Å². The van der Waals surface area contributed by atoms with Crippen LogP contribution in [-0.4, -0.2) is 27.5 Å². The highest BCUT2D eigenvalue weighted by molar-refractivity contribution is 5.75. The molecular formula is C11H12N4O4. The third-order valence-corrected chi connectivity index (χ3v) is 2.50. The number of nitro groups is 1. The molecular weight excluding hydrogens is 252 g/mol. The van der Waals surface area contributed by atoms with E-state index in [1.807, 2.05) is 0 Å². The second-order valence-corrected chi connectivity index (χ2v) is 4.47. The van der Waals surface area contributed by atoms with Gasteiger partial charge in [0.2, 0.25) is 5.82 Å². The van der Waals surface area contributed by atoms with E-state index < -0.39 is 22.0 Å². The highest BCUT2D eigenvalue weighted by atomic mass is 16.6. The highest BCUT2D eigenvalue weighted by Gasteiger charge is 2.29. The Morgan fingerprint density at radius 2 is 2.32 bits per heavy atom. The molecule has 0 radical (unpaired) electrons. The average molecular weight is 264 g/mol. The number of nitrogens with zero attached hydrogens (tertiary/aromatic N) is 3. The lowest BCUT2D eigenvalue weighted by Gasteiger charge is -2.19. The molecule has 0 saturated heterocycles. The van der Waals surface area contributed by atoms with Gasteiger partial charge in [-0.3, -0.25) is 14.9 Å². The summed E-state index contributed by atoms with van der Waals surface area (Å²) in [5.74, 6) is -1.16. The molecule has 1 rings (SSSR count). The number of carboxylic acids is 1. The van der Waals surface area contributed by atoms with Crippen LogP contribution in [0.2, 0.25) is 0 Å². The largest absolute Gasteiger partial charge is 0.481 e. The Kier molecular flexibility index (Phi) is 4.01. The normalized spacial score (nSPS) is 10.6. The zero-order valence-electron chi connectivity index (χ0n) is 10.4. The van der Waals surface area contributed by atoms with Crippen molar-refractivity contribution in [3.05, 3.63) is 27.9 Å². The maximum atomic E-state index is 10.9. The second kappa shape index (κ2) is 5.30. The van der Waals surface area contributed by atoms with E-state index in [0.717, 1.165) is 0 Å². The molecule has 8 nitrogen and oxygen atoms in total. The molecule has 0 aliphatic heterocycles. The van der Waals surface area contributed by atoms with Crippen LogP contribution in [0.25, 0.3) is 0 Å². The van der Waals surface area contributed by atoms with Gasteiger partial charge in [0.25, 0.3) is 0 Å². The van der Waals surface area contributed by atoms with Crippen LogP contribution in [0, 0.1) is 26.9 Å². The lowest BCUT2D eigenvalue weighted by atomic mass is 9.94. The smallest absolute Gasteiger partial charge is 0.328 e. The van der Waals surface area contributed by atoms with E-state index in [-0.39, 0.29) is 17.9 Å². The summed E-state index contributed by atoms with van der Waals surface area (Å²) in [6, 6.07) is 2.93. The number of carbonyl (C=O) groups is 1. The van der Waals surface area contributed by atoms with Crippen LogP contribution in [-0.2, 0) is 4.79 Å². The van der Waals surface area contributed by atoms with Gasteiger partial charge >= 0.3 is 11.7 Å². The maximum Gasteiger partial charge on any atom is 0.328 e. The predicted octanol–water partition coefficient (Wildman–Crippen LogP) is 1.38. The highest BCUT2D eigenvalue weighted by Crippen LogP contribution is 2.27. The number of nitrogens with one attached hydrogen (secondary N) is 1. The Morgan fingerprint density at radius 3 is 2.79 bits per heavy atom. The van der Waals surface area contributed by atoms with Crippen LogP contribution in [0.15, 0.2) is 12.3 Å². The third kappa shape index (κ3) is 3.16. The summed E-state index contributed by atoms with van der Waals surface area (Å²) in [6.07, 6.45) is 1.25. The zero-order chi connectivity index (χ0) is 14.6. The van der Waals surface area contributed by atoms with Gasteiger partial charge in [0.1, 0.15) is 11.6 Å². The lowest BCUT2D eigenvalue weighted by molar-refractivity contribution is -0.384. The van der Waals surface area contributed by atoms with Crippen molar-refractivity contribution in [3.8, 4) is 6.07 Å². The molecule has 100 valence electrons. The van der Waals surface area contributed by atoms with Gasteiger partial charge in [0.05, 0.1) is 10.3 Å². The molecule has 1 aromatic rings. The molecule has 8 heteroatoms. The number of aromatic nitrogens is 1. The van der Waals surface area contributed by atoms with E-state index in [9.17, 15) is 14.9 Å². The average Bonchev–Trinajstić information content (AvgIpc) is 2.35. The fraction of sp³-hybridized carbons (Fsp3) is 0.364. The van der Waals surface area contributed by atoms with Crippen LogP contribution < -0.4 is 5.32 Å². The van der Waals surface area contributed by atoms with Crippen molar-refractivity contribution in [1.82, 2.24) is 4.98 Å². The number of aliphatic carboxylic acids is 1. The van der Waals surface area contributed by atoms with Gasteiger partial charge in [-0.25, -0.2) is 4.98 Å². The molecule has 1 heterocycles. The minimum atomic E-state index is -1.11. The topological polar surface area (TPSA) is 129 Å². The summed E-state index contributed by atoms with van der Waals surface area (Å²) in [5, 5.41) is 31.3. The number of anilines is 1. The van der Waals surface area contributed by atoms with Crippen molar-refractivity contribution in [2.24, 2.45) is 5.41 Å². The molecule has 0 spiro atoms. The van der Waals surface area contributed by atoms with Crippen LogP contribution >= 0.6 is 0 Å². The first kappa shape index (κ1) is 14.4. The Bertz CT molecular complexity index is 562. The summed E-state index contributed by atoms with van der Waals surface area (Å²) < 4.78 is 0. The van der Waals surface area contributed by atoms with Gasteiger partial charge in [0, 0.05) is 12.7 Å². The first-order valence-corrected chi connectivity index (χ1v) is 5.30. The fourth-order valence-corrected chi connectivity index (χ4v) is 1.24. The SMILES string of the molecule is CC(C)(CNc1nccc(C#N)c1[N+](=O)[O-])C(=O)O. The summed E-state index contributed by atoms with van der Waals surface area (Å²) >= 11 is 0. The molecule has 0 aliphatic rings. The number of hydrogen-bond donors (Lipinski definition) is 2. The number of hydrogen-bond acceptors (Lipinski definition) is 6. The van der Waals surface area contributed by atoms with Crippen molar-refractivity contribution in [1.29, 1.82) is 5.26 Å². The number of nitriles is 1. The van der Waals surface area contributed by atoms with Crippen molar-refractivity contribution in [3.63, 3.8) is 0 Å². The molecule has 0 fully saturated rings. The van der Waals surface area contributed by atoms with Gasteiger partial charge in [-0.05, 0) is 19.9 Å². The Balaban J connectivity index is 3.06. The summed E-state index contributed by atoms with van der Waals surface area (Å²) in [4.78, 5) is 24.9. The van der Waals surface area contributed by atoms with Gasteiger partial charge in [-0.2, -0.15) is 5.26 Å². The Labute approximate surface area is 108 Å². The van der Waals surface area contributed by atoms with Crippen molar-refractivity contribution < 1.29 is 14.8 Å². The number of carboxylic acid groups (broad SMARTS) is 1.